The van der Waals surface area contributed by atoms with Gasteiger partial charge in [-0.05, 0) is 48.6 Å². The van der Waals surface area contributed by atoms with E-state index in [1.807, 2.05) is 6.07 Å². The minimum Gasteiger partial charge on any atom is -0.293 e. The molecule has 0 spiro atoms. The maximum absolute atomic E-state index is 11.9. The molecule has 2 rings (SSSR count). The van der Waals surface area contributed by atoms with Gasteiger partial charge in [-0.15, -0.1) is 0 Å². The Morgan fingerprint density at radius 3 is 2.75 bits per heavy atom. The molecular formula is C14H18OS. The van der Waals surface area contributed by atoms with Crippen LogP contribution in [-0.4, -0.2) is 17.3 Å². The van der Waals surface area contributed by atoms with E-state index in [0.717, 1.165) is 17.7 Å². The summed E-state index contributed by atoms with van der Waals surface area (Å²) in [5.74, 6) is 1.91. The van der Waals surface area contributed by atoms with E-state index in [0.29, 0.717) is 5.75 Å². The molecule has 0 aliphatic heterocycles. The molecule has 1 aliphatic rings. The highest BCUT2D eigenvalue weighted by Gasteiger charge is 2.12. The summed E-state index contributed by atoms with van der Waals surface area (Å²) < 4.78 is 0. The molecule has 16 heavy (non-hydrogen) atoms. The summed E-state index contributed by atoms with van der Waals surface area (Å²) in [5.41, 5.74) is 3.76. The third-order valence-corrected chi connectivity index (χ3v) is 3.98. The molecule has 0 bridgehead atoms. The van der Waals surface area contributed by atoms with Gasteiger partial charge >= 0.3 is 0 Å². The Bertz CT molecular complexity index is 384. The van der Waals surface area contributed by atoms with Gasteiger partial charge in [0.15, 0.2) is 5.78 Å². The molecule has 0 amide bonds. The molecule has 1 aromatic rings. The zero-order chi connectivity index (χ0) is 11.4. The van der Waals surface area contributed by atoms with Crippen LogP contribution in [0, 0.1) is 0 Å². The summed E-state index contributed by atoms with van der Waals surface area (Å²) >= 11 is 1.70. The number of benzene rings is 1. The van der Waals surface area contributed by atoms with E-state index in [4.69, 9.17) is 0 Å². The predicted octanol–water partition coefficient (Wildman–Crippen LogP) is 3.50. The Morgan fingerprint density at radius 2 is 2.00 bits per heavy atom. The number of hydrogen-bond donors (Lipinski definition) is 0. The first-order valence-electron chi connectivity index (χ1n) is 6.04. The van der Waals surface area contributed by atoms with Crippen molar-refractivity contribution in [3.63, 3.8) is 0 Å². The number of thioether (sulfide) groups is 1. The molecular weight excluding hydrogens is 216 g/mol. The molecule has 86 valence electrons. The lowest BCUT2D eigenvalue weighted by Crippen LogP contribution is -2.07. The van der Waals surface area contributed by atoms with Crippen molar-refractivity contribution in [2.45, 2.75) is 32.6 Å². The fraction of sp³-hybridized carbons (Fsp3) is 0.500. The second-order valence-electron chi connectivity index (χ2n) is 4.25. The largest absolute Gasteiger partial charge is 0.293 e. The predicted molar refractivity (Wildman–Crippen MR) is 70.4 cm³/mol. The first-order valence-corrected chi connectivity index (χ1v) is 7.19. The number of carbonyl (C=O) groups excluding carboxylic acids is 1. The van der Waals surface area contributed by atoms with E-state index >= 15 is 0 Å². The molecule has 1 aliphatic carbocycles. The zero-order valence-corrected chi connectivity index (χ0v) is 10.6. The molecule has 0 aromatic heterocycles. The summed E-state index contributed by atoms with van der Waals surface area (Å²) in [5, 5.41) is 0. The lowest BCUT2D eigenvalue weighted by Gasteiger charge is -2.16. The minimum absolute atomic E-state index is 0.278. The van der Waals surface area contributed by atoms with Crippen LogP contribution in [0.4, 0.5) is 0 Å². The fourth-order valence-electron chi connectivity index (χ4n) is 2.18. The van der Waals surface area contributed by atoms with Gasteiger partial charge in [-0.2, -0.15) is 11.8 Å². The lowest BCUT2D eigenvalue weighted by atomic mass is 9.90. The zero-order valence-electron chi connectivity index (χ0n) is 9.79. The molecule has 0 fully saturated rings. The van der Waals surface area contributed by atoms with E-state index in [1.165, 1.54) is 30.4 Å². The molecule has 2 heteroatoms. The molecule has 0 saturated heterocycles. The average Bonchev–Trinajstić information content (AvgIpc) is 2.35. The smallest absolute Gasteiger partial charge is 0.172 e. The number of Topliss-reactive ketones (excluding diaryl/α,β-unsaturated/α-hetero) is 1. The van der Waals surface area contributed by atoms with Crippen molar-refractivity contribution in [1.82, 2.24) is 0 Å². The van der Waals surface area contributed by atoms with Crippen molar-refractivity contribution in [3.05, 3.63) is 34.9 Å². The van der Waals surface area contributed by atoms with Crippen LogP contribution in [0.15, 0.2) is 18.2 Å². The van der Waals surface area contributed by atoms with Crippen molar-refractivity contribution in [1.29, 1.82) is 0 Å². The number of aryl methyl sites for hydroxylation is 2. The van der Waals surface area contributed by atoms with Crippen molar-refractivity contribution >= 4 is 17.5 Å². The summed E-state index contributed by atoms with van der Waals surface area (Å²) in [6.45, 7) is 2.09. The summed E-state index contributed by atoms with van der Waals surface area (Å²) in [7, 11) is 0. The summed E-state index contributed by atoms with van der Waals surface area (Å²) in [6, 6.07) is 6.27. The monoisotopic (exact) mass is 234 g/mol. The Kier molecular flexibility index (Phi) is 4.05. The van der Waals surface area contributed by atoms with Crippen molar-refractivity contribution in [3.8, 4) is 0 Å². The molecule has 0 heterocycles. The molecule has 1 nitrogen and oxygen atoms in total. The fourth-order valence-corrected chi connectivity index (χ4v) is 2.74. The van der Waals surface area contributed by atoms with Gasteiger partial charge in [-0.3, -0.25) is 4.79 Å². The highest BCUT2D eigenvalue weighted by molar-refractivity contribution is 7.99. The van der Waals surface area contributed by atoms with Crippen LogP contribution in [-0.2, 0) is 12.8 Å². The van der Waals surface area contributed by atoms with Crippen molar-refractivity contribution in [2.24, 2.45) is 0 Å². The Morgan fingerprint density at radius 1 is 1.25 bits per heavy atom. The van der Waals surface area contributed by atoms with Crippen LogP contribution in [0.2, 0.25) is 0 Å². The van der Waals surface area contributed by atoms with E-state index in [9.17, 15) is 4.79 Å². The maximum Gasteiger partial charge on any atom is 0.172 e. The SMILES string of the molecule is CCSCC(=O)c1ccc2c(c1)CCCC2. The first kappa shape index (κ1) is 11.7. The third-order valence-electron chi connectivity index (χ3n) is 3.11. The van der Waals surface area contributed by atoms with Crippen molar-refractivity contribution < 1.29 is 4.79 Å². The van der Waals surface area contributed by atoms with Gasteiger partial charge in [0.25, 0.3) is 0 Å². The Balaban J connectivity index is 2.13. The number of hydrogen-bond acceptors (Lipinski definition) is 2. The van der Waals surface area contributed by atoms with Crippen LogP contribution < -0.4 is 0 Å². The van der Waals surface area contributed by atoms with Gasteiger partial charge < -0.3 is 0 Å². The van der Waals surface area contributed by atoms with Crippen LogP contribution in [0.25, 0.3) is 0 Å². The van der Waals surface area contributed by atoms with Gasteiger partial charge in [-0.25, -0.2) is 0 Å². The third kappa shape index (κ3) is 2.67. The number of carbonyl (C=O) groups is 1. The van der Waals surface area contributed by atoms with Gasteiger partial charge in [0.05, 0.1) is 5.75 Å². The molecule has 0 radical (unpaired) electrons. The first-order chi connectivity index (χ1) is 7.81. The highest BCUT2D eigenvalue weighted by Crippen LogP contribution is 2.22. The van der Waals surface area contributed by atoms with Crippen LogP contribution in [0.5, 0.6) is 0 Å². The van der Waals surface area contributed by atoms with Gasteiger partial charge in [-0.1, -0.05) is 19.1 Å². The Labute approximate surface area is 102 Å². The van der Waals surface area contributed by atoms with Gasteiger partial charge in [0, 0.05) is 5.56 Å². The second-order valence-corrected chi connectivity index (χ2v) is 5.53. The molecule has 0 unspecified atom stereocenters. The van der Waals surface area contributed by atoms with Crippen molar-refractivity contribution in [2.75, 3.05) is 11.5 Å². The number of ketones is 1. The number of rotatable bonds is 4. The minimum atomic E-state index is 0.278. The van der Waals surface area contributed by atoms with E-state index in [-0.39, 0.29) is 5.78 Å². The van der Waals surface area contributed by atoms with Crippen LogP contribution >= 0.6 is 11.8 Å². The molecule has 0 atom stereocenters. The number of fused-ring (bicyclic) bond motifs is 1. The van der Waals surface area contributed by atoms with Crippen LogP contribution in [0.1, 0.15) is 41.3 Å². The highest BCUT2D eigenvalue weighted by atomic mass is 32.2. The van der Waals surface area contributed by atoms with E-state index in [1.54, 1.807) is 11.8 Å². The van der Waals surface area contributed by atoms with E-state index in [2.05, 4.69) is 19.1 Å². The molecule has 0 N–H and O–H groups in total. The van der Waals surface area contributed by atoms with Crippen LogP contribution in [0.3, 0.4) is 0 Å². The second kappa shape index (κ2) is 5.53. The lowest BCUT2D eigenvalue weighted by molar-refractivity contribution is 0.102. The molecule has 1 aromatic carbocycles. The van der Waals surface area contributed by atoms with Gasteiger partial charge in [0.1, 0.15) is 0 Å². The standard InChI is InChI=1S/C14H18OS/c1-2-16-10-14(15)13-8-7-11-5-3-4-6-12(11)9-13/h7-9H,2-6,10H2,1H3. The topological polar surface area (TPSA) is 17.1 Å². The Hall–Kier alpha value is -0.760. The summed E-state index contributed by atoms with van der Waals surface area (Å²) in [4.78, 5) is 11.9. The van der Waals surface area contributed by atoms with Gasteiger partial charge in [0.2, 0.25) is 0 Å². The maximum atomic E-state index is 11.9. The average molecular weight is 234 g/mol. The normalized spacial score (nSPS) is 14.6. The molecule has 0 saturated carbocycles. The summed E-state index contributed by atoms with van der Waals surface area (Å²) in [6.07, 6.45) is 4.91. The quantitative estimate of drug-likeness (QED) is 0.742. The van der Waals surface area contributed by atoms with E-state index < -0.39 is 0 Å².